The molecule has 10 heteroatoms. The van der Waals surface area contributed by atoms with E-state index in [1.165, 1.54) is 5.56 Å². The van der Waals surface area contributed by atoms with Gasteiger partial charge in [0, 0.05) is 64.0 Å². The third kappa shape index (κ3) is 6.03. The lowest BCUT2D eigenvalue weighted by molar-refractivity contribution is 0.0321. The van der Waals surface area contributed by atoms with Gasteiger partial charge >= 0.3 is 0 Å². The number of ether oxygens (including phenoxy) is 3. The smallest absolute Gasteiger partial charge is 0.252 e. The van der Waals surface area contributed by atoms with Crippen LogP contribution in [0, 0.1) is 11.3 Å². The third-order valence-corrected chi connectivity index (χ3v) is 8.46. The molecule has 2 aliphatic rings. The molecule has 41 heavy (non-hydrogen) atoms. The van der Waals surface area contributed by atoms with Gasteiger partial charge in [-0.3, -0.25) is 14.6 Å². The van der Waals surface area contributed by atoms with Crippen LogP contribution in [0.2, 0.25) is 0 Å². The summed E-state index contributed by atoms with van der Waals surface area (Å²) in [4.78, 5) is 24.6. The number of pyridine rings is 2. The Morgan fingerprint density at radius 1 is 1.10 bits per heavy atom. The molecule has 4 heterocycles. The van der Waals surface area contributed by atoms with Crippen LogP contribution >= 0.6 is 0 Å². The SMILES string of the molecule is COc1ccc(C(C)N2C[C@H](C)N(c3cc(=O)n(C)c4ccc(C#N)nc34)CC2C)cc1OCCN1CCOCC1. The van der Waals surface area contributed by atoms with Gasteiger partial charge < -0.3 is 23.7 Å². The fraction of sp³-hybridized carbons (Fsp3) is 0.516. The van der Waals surface area contributed by atoms with Gasteiger partial charge in [0.05, 0.1) is 31.5 Å². The largest absolute Gasteiger partial charge is 0.493 e. The fourth-order valence-electron chi connectivity index (χ4n) is 5.99. The predicted octanol–water partition coefficient (Wildman–Crippen LogP) is 3.18. The number of rotatable bonds is 8. The summed E-state index contributed by atoms with van der Waals surface area (Å²) in [5.41, 5.74) is 3.61. The van der Waals surface area contributed by atoms with E-state index in [0.717, 1.165) is 68.6 Å². The number of benzene rings is 1. The van der Waals surface area contributed by atoms with Crippen molar-refractivity contribution in [2.24, 2.45) is 7.05 Å². The molecule has 0 radical (unpaired) electrons. The fourth-order valence-corrected chi connectivity index (χ4v) is 5.99. The number of hydrogen-bond donors (Lipinski definition) is 0. The van der Waals surface area contributed by atoms with Crippen molar-refractivity contribution in [3.63, 3.8) is 0 Å². The van der Waals surface area contributed by atoms with Gasteiger partial charge in [-0.2, -0.15) is 5.26 Å². The number of fused-ring (bicyclic) bond motifs is 1. The number of nitriles is 1. The van der Waals surface area contributed by atoms with Gasteiger partial charge in [-0.1, -0.05) is 6.07 Å². The average molecular weight is 561 g/mol. The van der Waals surface area contributed by atoms with Gasteiger partial charge in [0.25, 0.3) is 5.56 Å². The lowest BCUT2D eigenvalue weighted by atomic mass is 9.99. The normalized spacial score (nSPS) is 21.0. The van der Waals surface area contributed by atoms with Crippen molar-refractivity contribution in [3.8, 4) is 17.6 Å². The Morgan fingerprint density at radius 2 is 1.88 bits per heavy atom. The van der Waals surface area contributed by atoms with E-state index in [4.69, 9.17) is 14.2 Å². The number of aromatic nitrogens is 2. The third-order valence-electron chi connectivity index (χ3n) is 8.46. The highest BCUT2D eigenvalue weighted by Gasteiger charge is 2.34. The second kappa shape index (κ2) is 12.5. The van der Waals surface area contributed by atoms with Crippen LogP contribution in [0.4, 0.5) is 5.69 Å². The number of hydrogen-bond acceptors (Lipinski definition) is 9. The molecular weight excluding hydrogens is 520 g/mol. The number of nitrogens with zero attached hydrogens (tertiary/aromatic N) is 6. The molecule has 0 bridgehead atoms. The second-order valence-electron chi connectivity index (χ2n) is 11.0. The van der Waals surface area contributed by atoms with Crippen LogP contribution < -0.4 is 19.9 Å². The van der Waals surface area contributed by atoms with Crippen molar-refractivity contribution in [1.82, 2.24) is 19.4 Å². The zero-order valence-electron chi connectivity index (χ0n) is 24.7. The highest BCUT2D eigenvalue weighted by Crippen LogP contribution is 2.36. The topological polar surface area (TPSA) is 96.1 Å². The molecule has 3 atom stereocenters. The van der Waals surface area contributed by atoms with Gasteiger partial charge in [0.1, 0.15) is 23.9 Å². The number of piperazine rings is 1. The van der Waals surface area contributed by atoms with Crippen molar-refractivity contribution >= 4 is 16.7 Å². The van der Waals surface area contributed by atoms with Gasteiger partial charge in [0.15, 0.2) is 11.5 Å². The molecular formula is C31H40N6O4. The lowest BCUT2D eigenvalue weighted by Gasteiger charge is -2.47. The van der Waals surface area contributed by atoms with Crippen molar-refractivity contribution < 1.29 is 14.2 Å². The summed E-state index contributed by atoms with van der Waals surface area (Å²) in [5.74, 6) is 1.49. The molecule has 2 unspecified atom stereocenters. The number of methoxy groups -OCH3 is 1. The maximum absolute atomic E-state index is 12.8. The minimum Gasteiger partial charge on any atom is -0.493 e. The number of aryl methyl sites for hydroxylation is 1. The Hall–Kier alpha value is -3.65. The highest BCUT2D eigenvalue weighted by atomic mass is 16.5. The maximum Gasteiger partial charge on any atom is 0.252 e. The first kappa shape index (κ1) is 28.9. The van der Waals surface area contributed by atoms with E-state index in [2.05, 4.69) is 58.7 Å². The van der Waals surface area contributed by atoms with Crippen LogP contribution in [0.15, 0.2) is 41.2 Å². The van der Waals surface area contributed by atoms with Crippen LogP contribution in [-0.4, -0.2) is 91.1 Å². The van der Waals surface area contributed by atoms with E-state index in [1.807, 2.05) is 12.1 Å². The summed E-state index contributed by atoms with van der Waals surface area (Å²) in [6, 6.07) is 13.9. The molecule has 2 fully saturated rings. The van der Waals surface area contributed by atoms with Gasteiger partial charge in [-0.05, 0) is 50.6 Å². The first-order valence-electron chi connectivity index (χ1n) is 14.3. The molecule has 3 aromatic rings. The summed E-state index contributed by atoms with van der Waals surface area (Å²) in [5, 5.41) is 9.46. The molecule has 0 spiro atoms. The molecule has 2 aliphatic heterocycles. The Morgan fingerprint density at radius 3 is 2.61 bits per heavy atom. The number of morpholine rings is 1. The molecule has 0 N–H and O–H groups in total. The standard InChI is InChI=1S/C31H40N6O4/c1-21-20-37(27-17-30(38)34(4)26-8-7-25(18-32)33-31(26)27)22(2)19-36(21)23(3)24-6-9-28(39-5)29(16-24)41-15-12-35-10-13-40-14-11-35/h6-9,16-17,21-23H,10-15,19-20H2,1-5H3/t21?,22-,23?/m0/s1. The van der Waals surface area contributed by atoms with E-state index in [-0.39, 0.29) is 23.7 Å². The summed E-state index contributed by atoms with van der Waals surface area (Å²) in [6.45, 7) is 13.0. The zero-order valence-corrected chi connectivity index (χ0v) is 24.7. The summed E-state index contributed by atoms with van der Waals surface area (Å²) < 4.78 is 18.9. The highest BCUT2D eigenvalue weighted by molar-refractivity contribution is 5.89. The monoisotopic (exact) mass is 560 g/mol. The lowest BCUT2D eigenvalue weighted by Crippen LogP contribution is -2.57. The van der Waals surface area contributed by atoms with Gasteiger partial charge in [-0.15, -0.1) is 0 Å². The second-order valence-corrected chi connectivity index (χ2v) is 11.0. The Bertz CT molecular complexity index is 1480. The molecule has 5 rings (SSSR count). The van der Waals surface area contributed by atoms with E-state index < -0.39 is 0 Å². The Labute approximate surface area is 241 Å². The number of anilines is 1. The minimum absolute atomic E-state index is 0.0889. The van der Waals surface area contributed by atoms with Crippen molar-refractivity contribution in [2.45, 2.75) is 38.9 Å². The summed E-state index contributed by atoms with van der Waals surface area (Å²) in [6.07, 6.45) is 0. The van der Waals surface area contributed by atoms with Crippen molar-refractivity contribution in [2.75, 3.05) is 64.6 Å². The van der Waals surface area contributed by atoms with E-state index in [9.17, 15) is 10.1 Å². The quantitative estimate of drug-likeness (QED) is 0.412. The predicted molar refractivity (Wildman–Crippen MR) is 159 cm³/mol. The van der Waals surface area contributed by atoms with Gasteiger partial charge in [0.2, 0.25) is 0 Å². The molecule has 1 aromatic carbocycles. The Balaban J connectivity index is 1.34. The first-order chi connectivity index (χ1) is 19.8. The minimum atomic E-state index is -0.0889. The van der Waals surface area contributed by atoms with E-state index >= 15 is 0 Å². The van der Waals surface area contributed by atoms with Gasteiger partial charge in [-0.25, -0.2) is 4.98 Å². The first-order valence-corrected chi connectivity index (χ1v) is 14.3. The molecule has 2 aromatic heterocycles. The molecule has 218 valence electrons. The molecule has 10 nitrogen and oxygen atoms in total. The van der Waals surface area contributed by atoms with Crippen LogP contribution in [0.5, 0.6) is 11.5 Å². The average Bonchev–Trinajstić information content (AvgIpc) is 2.99. The molecule has 2 saturated heterocycles. The van der Waals surface area contributed by atoms with Crippen LogP contribution in [-0.2, 0) is 11.8 Å². The van der Waals surface area contributed by atoms with E-state index in [0.29, 0.717) is 17.8 Å². The van der Waals surface area contributed by atoms with Crippen LogP contribution in [0.3, 0.4) is 0 Å². The maximum atomic E-state index is 12.8. The molecule has 0 saturated carbocycles. The summed E-state index contributed by atoms with van der Waals surface area (Å²) >= 11 is 0. The molecule has 0 aliphatic carbocycles. The summed E-state index contributed by atoms with van der Waals surface area (Å²) in [7, 11) is 3.41. The van der Waals surface area contributed by atoms with E-state index in [1.54, 1.807) is 30.9 Å². The zero-order chi connectivity index (χ0) is 29.1. The Kier molecular flexibility index (Phi) is 8.78. The van der Waals surface area contributed by atoms with Crippen LogP contribution in [0.1, 0.15) is 38.1 Å². The van der Waals surface area contributed by atoms with Crippen molar-refractivity contribution in [3.05, 3.63) is 58.0 Å². The molecule has 0 amide bonds. The van der Waals surface area contributed by atoms with Crippen molar-refractivity contribution in [1.29, 1.82) is 5.26 Å². The van der Waals surface area contributed by atoms with Crippen LogP contribution in [0.25, 0.3) is 11.0 Å².